The second kappa shape index (κ2) is 6.76. The van der Waals surface area contributed by atoms with Gasteiger partial charge in [-0.1, -0.05) is 12.1 Å². The van der Waals surface area contributed by atoms with Crippen LogP contribution < -0.4 is 5.32 Å². The monoisotopic (exact) mass is 324 g/mol. The zero-order chi connectivity index (χ0) is 17.1. The average Bonchev–Trinajstić information content (AvgIpc) is 2.99. The molecule has 0 saturated heterocycles. The van der Waals surface area contributed by atoms with Crippen molar-refractivity contribution in [3.63, 3.8) is 0 Å². The van der Waals surface area contributed by atoms with E-state index in [1.807, 2.05) is 66.8 Å². The van der Waals surface area contributed by atoms with Crippen LogP contribution in [0.1, 0.15) is 18.3 Å². The second-order valence-electron chi connectivity index (χ2n) is 5.91. The fourth-order valence-electron chi connectivity index (χ4n) is 2.28. The molecule has 1 amide bonds. The molecule has 1 atom stereocenters. The van der Waals surface area contributed by atoms with E-state index < -0.39 is 0 Å². The first-order chi connectivity index (χ1) is 11.5. The highest BCUT2D eigenvalue weighted by Crippen LogP contribution is 2.14. The molecule has 7 nitrogen and oxygen atoms in total. The SMILES string of the molecule is C[C@@H](C(=O)Nc1ccc(Cc2nnc3ncccn23)cc1)N(C)C. The van der Waals surface area contributed by atoms with Gasteiger partial charge in [0, 0.05) is 24.5 Å². The summed E-state index contributed by atoms with van der Waals surface area (Å²) in [7, 11) is 3.76. The summed E-state index contributed by atoms with van der Waals surface area (Å²) in [6.07, 6.45) is 4.24. The third-order valence-corrected chi connectivity index (χ3v) is 4.00. The first-order valence-electron chi connectivity index (χ1n) is 7.75. The van der Waals surface area contributed by atoms with Crippen molar-refractivity contribution in [1.82, 2.24) is 24.5 Å². The Hall–Kier alpha value is -2.80. The van der Waals surface area contributed by atoms with E-state index in [9.17, 15) is 4.79 Å². The summed E-state index contributed by atoms with van der Waals surface area (Å²) in [4.78, 5) is 18.1. The summed E-state index contributed by atoms with van der Waals surface area (Å²) in [6, 6.07) is 9.43. The quantitative estimate of drug-likeness (QED) is 0.771. The lowest BCUT2D eigenvalue weighted by molar-refractivity contribution is -0.119. The van der Waals surface area contributed by atoms with Crippen molar-refractivity contribution < 1.29 is 4.79 Å². The number of nitrogens with zero attached hydrogens (tertiary/aromatic N) is 5. The maximum Gasteiger partial charge on any atom is 0.254 e. The molecule has 7 heteroatoms. The van der Waals surface area contributed by atoms with Crippen LogP contribution in [-0.2, 0) is 11.2 Å². The van der Waals surface area contributed by atoms with Crippen LogP contribution in [0.15, 0.2) is 42.7 Å². The lowest BCUT2D eigenvalue weighted by Gasteiger charge is -2.19. The number of fused-ring (bicyclic) bond motifs is 1. The van der Waals surface area contributed by atoms with E-state index in [-0.39, 0.29) is 11.9 Å². The number of anilines is 1. The van der Waals surface area contributed by atoms with Gasteiger partial charge in [0.2, 0.25) is 5.91 Å². The molecular weight excluding hydrogens is 304 g/mol. The third-order valence-electron chi connectivity index (χ3n) is 4.00. The van der Waals surface area contributed by atoms with Crippen LogP contribution in [0.2, 0.25) is 0 Å². The van der Waals surface area contributed by atoms with Gasteiger partial charge in [0.05, 0.1) is 6.04 Å². The molecule has 0 spiro atoms. The minimum absolute atomic E-state index is 0.0257. The molecule has 3 aromatic rings. The molecule has 2 heterocycles. The average molecular weight is 324 g/mol. The number of hydrogen-bond donors (Lipinski definition) is 1. The standard InChI is InChI=1S/C17H20N6O/c1-12(22(2)3)16(24)19-14-7-5-13(6-8-14)11-15-20-21-17-18-9-4-10-23(15)17/h4-10,12H,11H2,1-3H3,(H,19,24)/t12-/m0/s1. The summed E-state index contributed by atoms with van der Waals surface area (Å²) in [6.45, 7) is 1.87. The van der Waals surface area contributed by atoms with Crippen molar-refractivity contribution in [1.29, 1.82) is 0 Å². The number of likely N-dealkylation sites (N-methyl/N-ethyl adjacent to an activating group) is 1. The Balaban J connectivity index is 1.70. The molecule has 0 unspecified atom stereocenters. The van der Waals surface area contributed by atoms with Crippen molar-refractivity contribution in [2.24, 2.45) is 0 Å². The second-order valence-corrected chi connectivity index (χ2v) is 5.91. The molecule has 1 N–H and O–H groups in total. The molecule has 1 aromatic carbocycles. The van der Waals surface area contributed by atoms with Gasteiger partial charge in [-0.05, 0) is 44.8 Å². The van der Waals surface area contributed by atoms with E-state index in [0.29, 0.717) is 12.2 Å². The molecule has 0 fully saturated rings. The van der Waals surface area contributed by atoms with Gasteiger partial charge < -0.3 is 5.32 Å². The van der Waals surface area contributed by atoms with Gasteiger partial charge in [0.1, 0.15) is 5.82 Å². The Bertz CT molecular complexity index is 840. The fourth-order valence-corrected chi connectivity index (χ4v) is 2.28. The van der Waals surface area contributed by atoms with Gasteiger partial charge in [0.25, 0.3) is 5.78 Å². The molecule has 0 bridgehead atoms. The number of amides is 1. The molecule has 0 radical (unpaired) electrons. The Morgan fingerprint density at radius 3 is 2.71 bits per heavy atom. The maximum absolute atomic E-state index is 12.1. The van der Waals surface area contributed by atoms with Crippen molar-refractivity contribution in [2.45, 2.75) is 19.4 Å². The predicted octanol–water partition coefficient (Wildman–Crippen LogP) is 1.60. The lowest BCUT2D eigenvalue weighted by atomic mass is 10.1. The summed E-state index contributed by atoms with van der Waals surface area (Å²) in [5, 5.41) is 11.1. The number of hydrogen-bond acceptors (Lipinski definition) is 5. The zero-order valence-electron chi connectivity index (χ0n) is 14.0. The van der Waals surface area contributed by atoms with E-state index in [0.717, 1.165) is 17.1 Å². The number of benzene rings is 1. The first kappa shape index (κ1) is 16.1. The molecule has 0 aliphatic rings. The van der Waals surface area contributed by atoms with E-state index in [4.69, 9.17) is 0 Å². The van der Waals surface area contributed by atoms with Gasteiger partial charge in [-0.25, -0.2) is 4.98 Å². The van der Waals surface area contributed by atoms with Gasteiger partial charge in [-0.2, -0.15) is 0 Å². The minimum atomic E-state index is -0.181. The van der Waals surface area contributed by atoms with Crippen molar-refractivity contribution in [3.8, 4) is 0 Å². The summed E-state index contributed by atoms with van der Waals surface area (Å²) >= 11 is 0. The predicted molar refractivity (Wildman–Crippen MR) is 91.8 cm³/mol. The number of carbonyl (C=O) groups excluding carboxylic acids is 1. The van der Waals surface area contributed by atoms with Gasteiger partial charge in [-0.15, -0.1) is 10.2 Å². The number of nitrogens with one attached hydrogen (secondary N) is 1. The van der Waals surface area contributed by atoms with E-state index in [2.05, 4.69) is 20.5 Å². The summed E-state index contributed by atoms with van der Waals surface area (Å²) < 4.78 is 1.87. The molecule has 3 rings (SSSR count). The van der Waals surface area contributed by atoms with Crippen LogP contribution >= 0.6 is 0 Å². The van der Waals surface area contributed by atoms with Gasteiger partial charge >= 0.3 is 0 Å². The first-order valence-corrected chi connectivity index (χ1v) is 7.75. The minimum Gasteiger partial charge on any atom is -0.325 e. The Morgan fingerprint density at radius 2 is 2.00 bits per heavy atom. The van der Waals surface area contributed by atoms with Crippen LogP contribution in [0.4, 0.5) is 5.69 Å². The molecule has 0 aliphatic heterocycles. The fraction of sp³-hybridized carbons (Fsp3) is 0.294. The normalized spacial score (nSPS) is 12.5. The number of aromatic nitrogens is 4. The molecule has 0 saturated carbocycles. The summed E-state index contributed by atoms with van der Waals surface area (Å²) in [5.41, 5.74) is 1.87. The number of rotatable bonds is 5. The number of carbonyl (C=O) groups is 1. The highest BCUT2D eigenvalue weighted by molar-refractivity contribution is 5.94. The van der Waals surface area contributed by atoms with Crippen LogP contribution in [-0.4, -0.2) is 50.5 Å². The van der Waals surface area contributed by atoms with Crippen molar-refractivity contribution in [2.75, 3.05) is 19.4 Å². The zero-order valence-corrected chi connectivity index (χ0v) is 14.0. The molecule has 24 heavy (non-hydrogen) atoms. The van der Waals surface area contributed by atoms with Crippen LogP contribution in [0.5, 0.6) is 0 Å². The molecule has 0 aliphatic carbocycles. The van der Waals surface area contributed by atoms with Crippen LogP contribution in [0, 0.1) is 0 Å². The largest absolute Gasteiger partial charge is 0.325 e. The topological polar surface area (TPSA) is 75.4 Å². The Labute approximate surface area is 140 Å². The summed E-state index contributed by atoms with van der Waals surface area (Å²) in [5.74, 6) is 1.40. The van der Waals surface area contributed by atoms with E-state index in [1.165, 1.54) is 0 Å². The molecular formula is C17H20N6O. The van der Waals surface area contributed by atoms with E-state index >= 15 is 0 Å². The Kier molecular flexibility index (Phi) is 4.52. The maximum atomic E-state index is 12.1. The van der Waals surface area contributed by atoms with Gasteiger partial charge in [0.15, 0.2) is 0 Å². The lowest BCUT2D eigenvalue weighted by Crippen LogP contribution is -2.37. The van der Waals surface area contributed by atoms with Crippen molar-refractivity contribution in [3.05, 3.63) is 54.1 Å². The molecule has 2 aromatic heterocycles. The Morgan fingerprint density at radius 1 is 1.25 bits per heavy atom. The smallest absolute Gasteiger partial charge is 0.254 e. The van der Waals surface area contributed by atoms with Crippen LogP contribution in [0.3, 0.4) is 0 Å². The van der Waals surface area contributed by atoms with E-state index in [1.54, 1.807) is 6.20 Å². The highest BCUT2D eigenvalue weighted by Gasteiger charge is 2.14. The third kappa shape index (κ3) is 3.41. The van der Waals surface area contributed by atoms with Gasteiger partial charge in [-0.3, -0.25) is 14.1 Å². The van der Waals surface area contributed by atoms with Crippen LogP contribution in [0.25, 0.3) is 5.78 Å². The van der Waals surface area contributed by atoms with Crippen molar-refractivity contribution >= 4 is 17.4 Å². The highest BCUT2D eigenvalue weighted by atomic mass is 16.2. The molecule has 124 valence electrons.